The standard InChI is InChI=1S/C19H22O3/c1-14-4-7-17(8-5-14)13-22-18-11-10-16(9-6-15(2)20)12-19(18)21-3/h4-5,7-8,10-12H,6,9,13H2,1-3H3. The van der Waals surface area contributed by atoms with E-state index in [-0.39, 0.29) is 5.78 Å². The molecular weight excluding hydrogens is 276 g/mol. The normalized spacial score (nSPS) is 10.3. The van der Waals surface area contributed by atoms with E-state index < -0.39 is 0 Å². The van der Waals surface area contributed by atoms with Crippen LogP contribution < -0.4 is 9.47 Å². The van der Waals surface area contributed by atoms with Crippen LogP contribution in [-0.4, -0.2) is 12.9 Å². The predicted molar refractivity (Wildman–Crippen MR) is 87.5 cm³/mol. The summed E-state index contributed by atoms with van der Waals surface area (Å²) < 4.78 is 11.2. The summed E-state index contributed by atoms with van der Waals surface area (Å²) >= 11 is 0. The number of aryl methyl sites for hydroxylation is 2. The molecule has 0 unspecified atom stereocenters. The van der Waals surface area contributed by atoms with Crippen molar-refractivity contribution in [2.75, 3.05) is 7.11 Å². The minimum absolute atomic E-state index is 0.193. The highest BCUT2D eigenvalue weighted by Gasteiger charge is 2.07. The second kappa shape index (κ2) is 7.64. The molecule has 2 aromatic rings. The maximum Gasteiger partial charge on any atom is 0.161 e. The predicted octanol–water partition coefficient (Wildman–Crippen LogP) is 4.10. The second-order valence-corrected chi connectivity index (χ2v) is 5.46. The molecule has 0 radical (unpaired) electrons. The van der Waals surface area contributed by atoms with Gasteiger partial charge in [0.1, 0.15) is 12.4 Å². The third-order valence-corrected chi connectivity index (χ3v) is 3.51. The fourth-order valence-corrected chi connectivity index (χ4v) is 2.15. The largest absolute Gasteiger partial charge is 0.493 e. The van der Waals surface area contributed by atoms with Crippen LogP contribution >= 0.6 is 0 Å². The highest BCUT2D eigenvalue weighted by atomic mass is 16.5. The molecule has 3 heteroatoms. The van der Waals surface area contributed by atoms with E-state index in [9.17, 15) is 4.79 Å². The number of ketones is 1. The summed E-state index contributed by atoms with van der Waals surface area (Å²) in [6, 6.07) is 14.1. The van der Waals surface area contributed by atoms with Gasteiger partial charge in [-0.05, 0) is 43.5 Å². The van der Waals surface area contributed by atoms with Gasteiger partial charge < -0.3 is 14.3 Å². The zero-order valence-electron chi connectivity index (χ0n) is 13.4. The molecule has 0 saturated heterocycles. The zero-order chi connectivity index (χ0) is 15.9. The van der Waals surface area contributed by atoms with Crippen LogP contribution in [0.15, 0.2) is 42.5 Å². The Morgan fingerprint density at radius 2 is 1.68 bits per heavy atom. The van der Waals surface area contributed by atoms with Gasteiger partial charge in [0.2, 0.25) is 0 Å². The van der Waals surface area contributed by atoms with E-state index in [4.69, 9.17) is 9.47 Å². The van der Waals surface area contributed by atoms with Gasteiger partial charge in [-0.1, -0.05) is 35.9 Å². The third kappa shape index (κ3) is 4.62. The first kappa shape index (κ1) is 16.1. The molecule has 0 bridgehead atoms. The number of carbonyl (C=O) groups is 1. The molecule has 0 heterocycles. The summed E-state index contributed by atoms with van der Waals surface area (Å²) in [5.41, 5.74) is 3.43. The summed E-state index contributed by atoms with van der Waals surface area (Å²) in [4.78, 5) is 11.1. The van der Waals surface area contributed by atoms with Gasteiger partial charge in [0.15, 0.2) is 11.5 Å². The van der Waals surface area contributed by atoms with Gasteiger partial charge in [0.25, 0.3) is 0 Å². The number of ether oxygens (including phenoxy) is 2. The number of methoxy groups -OCH3 is 1. The third-order valence-electron chi connectivity index (χ3n) is 3.51. The van der Waals surface area contributed by atoms with E-state index in [2.05, 4.69) is 31.2 Å². The Kier molecular flexibility index (Phi) is 5.59. The van der Waals surface area contributed by atoms with Crippen molar-refractivity contribution in [1.29, 1.82) is 0 Å². The summed E-state index contributed by atoms with van der Waals surface area (Å²) in [6.07, 6.45) is 1.27. The molecule has 2 aromatic carbocycles. The number of carbonyl (C=O) groups excluding carboxylic acids is 1. The van der Waals surface area contributed by atoms with Crippen LogP contribution in [-0.2, 0) is 17.8 Å². The van der Waals surface area contributed by atoms with Gasteiger partial charge in [-0.3, -0.25) is 0 Å². The summed E-state index contributed by atoms with van der Waals surface area (Å²) in [6.45, 7) is 4.17. The Hall–Kier alpha value is -2.29. The SMILES string of the molecule is COc1cc(CCC(C)=O)ccc1OCc1ccc(C)cc1. The van der Waals surface area contributed by atoms with Crippen molar-refractivity contribution in [3.63, 3.8) is 0 Å². The van der Waals surface area contributed by atoms with Crippen LogP contribution in [0, 0.1) is 6.92 Å². The lowest BCUT2D eigenvalue weighted by Crippen LogP contribution is -1.99. The van der Waals surface area contributed by atoms with Crippen molar-refractivity contribution in [3.8, 4) is 11.5 Å². The molecule has 22 heavy (non-hydrogen) atoms. The molecule has 0 aliphatic carbocycles. The van der Waals surface area contributed by atoms with Crippen molar-refractivity contribution in [3.05, 3.63) is 59.2 Å². The average Bonchev–Trinajstić information content (AvgIpc) is 2.52. The Morgan fingerprint density at radius 3 is 2.32 bits per heavy atom. The number of Topliss-reactive ketones (excluding diaryl/α,β-unsaturated/α-hetero) is 1. The smallest absolute Gasteiger partial charge is 0.161 e. The second-order valence-electron chi connectivity index (χ2n) is 5.46. The van der Waals surface area contributed by atoms with E-state index in [0.717, 1.165) is 23.3 Å². The maximum absolute atomic E-state index is 11.1. The van der Waals surface area contributed by atoms with Crippen molar-refractivity contribution >= 4 is 5.78 Å². The summed E-state index contributed by atoms with van der Waals surface area (Å²) in [5, 5.41) is 0. The van der Waals surface area contributed by atoms with Crippen LogP contribution in [0.1, 0.15) is 30.0 Å². The minimum Gasteiger partial charge on any atom is -0.493 e. The maximum atomic E-state index is 11.1. The molecule has 0 aliphatic heterocycles. The zero-order valence-corrected chi connectivity index (χ0v) is 13.4. The lowest BCUT2D eigenvalue weighted by atomic mass is 10.1. The van der Waals surface area contributed by atoms with E-state index >= 15 is 0 Å². The molecule has 0 fully saturated rings. The molecule has 3 nitrogen and oxygen atoms in total. The Labute approximate surface area is 131 Å². The van der Waals surface area contributed by atoms with Gasteiger partial charge in [0.05, 0.1) is 7.11 Å². The fraction of sp³-hybridized carbons (Fsp3) is 0.316. The molecule has 0 aromatic heterocycles. The van der Waals surface area contributed by atoms with E-state index in [0.29, 0.717) is 18.8 Å². The molecule has 0 N–H and O–H groups in total. The molecular formula is C19H22O3. The van der Waals surface area contributed by atoms with Crippen LogP contribution in [0.4, 0.5) is 0 Å². The van der Waals surface area contributed by atoms with Crippen molar-refractivity contribution in [2.24, 2.45) is 0 Å². The Balaban J connectivity index is 2.03. The van der Waals surface area contributed by atoms with E-state index in [1.54, 1.807) is 14.0 Å². The quantitative estimate of drug-likeness (QED) is 0.772. The van der Waals surface area contributed by atoms with Gasteiger partial charge in [-0.2, -0.15) is 0 Å². The van der Waals surface area contributed by atoms with Gasteiger partial charge in [-0.25, -0.2) is 0 Å². The summed E-state index contributed by atoms with van der Waals surface area (Å²) in [7, 11) is 1.63. The van der Waals surface area contributed by atoms with E-state index in [1.807, 2.05) is 18.2 Å². The summed E-state index contributed by atoms with van der Waals surface area (Å²) in [5.74, 6) is 1.61. The van der Waals surface area contributed by atoms with Crippen molar-refractivity contribution in [2.45, 2.75) is 33.3 Å². The average molecular weight is 298 g/mol. The van der Waals surface area contributed by atoms with Crippen LogP contribution in [0.25, 0.3) is 0 Å². The number of benzene rings is 2. The molecule has 0 amide bonds. The lowest BCUT2D eigenvalue weighted by molar-refractivity contribution is -0.116. The first-order valence-corrected chi connectivity index (χ1v) is 7.43. The highest BCUT2D eigenvalue weighted by molar-refractivity contribution is 5.75. The van der Waals surface area contributed by atoms with E-state index in [1.165, 1.54) is 5.56 Å². The molecule has 2 rings (SSSR count). The number of hydrogen-bond donors (Lipinski definition) is 0. The molecule has 116 valence electrons. The fourth-order valence-electron chi connectivity index (χ4n) is 2.15. The highest BCUT2D eigenvalue weighted by Crippen LogP contribution is 2.29. The topological polar surface area (TPSA) is 35.5 Å². The van der Waals surface area contributed by atoms with Crippen molar-refractivity contribution in [1.82, 2.24) is 0 Å². The first-order chi connectivity index (χ1) is 10.6. The van der Waals surface area contributed by atoms with Crippen LogP contribution in [0.2, 0.25) is 0 Å². The monoisotopic (exact) mass is 298 g/mol. The molecule has 0 aliphatic rings. The Bertz CT molecular complexity index is 630. The number of hydrogen-bond acceptors (Lipinski definition) is 3. The molecule has 0 spiro atoms. The molecule has 0 atom stereocenters. The number of rotatable bonds is 7. The lowest BCUT2D eigenvalue weighted by Gasteiger charge is -2.12. The van der Waals surface area contributed by atoms with Crippen LogP contribution in [0.3, 0.4) is 0 Å². The minimum atomic E-state index is 0.193. The Morgan fingerprint density at radius 1 is 1.00 bits per heavy atom. The van der Waals surface area contributed by atoms with Crippen LogP contribution in [0.5, 0.6) is 11.5 Å². The molecule has 0 saturated carbocycles. The van der Waals surface area contributed by atoms with Gasteiger partial charge in [-0.15, -0.1) is 0 Å². The van der Waals surface area contributed by atoms with Gasteiger partial charge >= 0.3 is 0 Å². The van der Waals surface area contributed by atoms with Gasteiger partial charge in [0, 0.05) is 6.42 Å². The first-order valence-electron chi connectivity index (χ1n) is 7.43. The van der Waals surface area contributed by atoms with Crippen molar-refractivity contribution < 1.29 is 14.3 Å².